The van der Waals surface area contributed by atoms with Crippen LogP contribution in [0.25, 0.3) is 0 Å². The molecule has 2 saturated carbocycles. The van der Waals surface area contributed by atoms with Gasteiger partial charge in [0.25, 0.3) is 0 Å². The highest BCUT2D eigenvalue weighted by atomic mass is 16.5. The van der Waals surface area contributed by atoms with Crippen molar-refractivity contribution >= 4 is 0 Å². The minimum absolute atomic E-state index is 0.00760. The molecule has 2 aliphatic rings. The van der Waals surface area contributed by atoms with Crippen molar-refractivity contribution in [1.82, 2.24) is 5.32 Å². The van der Waals surface area contributed by atoms with E-state index in [9.17, 15) is 0 Å². The number of rotatable bonds is 4. The molecule has 1 aromatic carbocycles. The van der Waals surface area contributed by atoms with Gasteiger partial charge in [-0.1, -0.05) is 43.2 Å². The Kier molecular flexibility index (Phi) is 2.93. The van der Waals surface area contributed by atoms with Gasteiger partial charge >= 0.3 is 0 Å². The molecular formula is C15H21NO. The van der Waals surface area contributed by atoms with Crippen molar-refractivity contribution in [2.45, 2.75) is 38.0 Å². The lowest BCUT2D eigenvalue weighted by Gasteiger charge is -2.18. The average molecular weight is 231 g/mol. The van der Waals surface area contributed by atoms with E-state index in [1.807, 2.05) is 7.11 Å². The van der Waals surface area contributed by atoms with Crippen molar-refractivity contribution in [1.29, 1.82) is 0 Å². The summed E-state index contributed by atoms with van der Waals surface area (Å²) in [5.41, 5.74) is 1.33. The Balaban J connectivity index is 1.64. The van der Waals surface area contributed by atoms with E-state index >= 15 is 0 Å². The van der Waals surface area contributed by atoms with Gasteiger partial charge in [0.05, 0.1) is 0 Å². The predicted octanol–water partition coefficient (Wildman–Crippen LogP) is 2.94. The van der Waals surface area contributed by atoms with Gasteiger partial charge < -0.3 is 4.74 Å². The van der Waals surface area contributed by atoms with Crippen LogP contribution in [0.5, 0.6) is 0 Å². The maximum absolute atomic E-state index is 5.81. The molecular weight excluding hydrogens is 210 g/mol. The van der Waals surface area contributed by atoms with E-state index in [1.54, 1.807) is 0 Å². The lowest BCUT2D eigenvalue weighted by atomic mass is 10.0. The lowest BCUT2D eigenvalue weighted by Crippen LogP contribution is -2.36. The average Bonchev–Trinajstić information content (AvgIpc) is 3.06. The van der Waals surface area contributed by atoms with Crippen LogP contribution in [0.1, 0.15) is 31.2 Å². The lowest BCUT2D eigenvalue weighted by molar-refractivity contribution is 0.0237. The second-order valence-electron chi connectivity index (χ2n) is 5.33. The van der Waals surface area contributed by atoms with E-state index in [0.29, 0.717) is 0 Å². The molecule has 0 heterocycles. The fraction of sp³-hybridized carbons (Fsp3) is 0.600. The first-order valence-electron chi connectivity index (χ1n) is 6.71. The smallest absolute Gasteiger partial charge is 0.125 e. The van der Waals surface area contributed by atoms with Gasteiger partial charge in [-0.2, -0.15) is 0 Å². The largest absolute Gasteiger partial charge is 0.363 e. The van der Waals surface area contributed by atoms with Gasteiger partial charge in [-0.05, 0) is 18.4 Å². The van der Waals surface area contributed by atoms with E-state index in [1.165, 1.54) is 31.2 Å². The van der Waals surface area contributed by atoms with Crippen molar-refractivity contribution in [3.8, 4) is 0 Å². The van der Waals surface area contributed by atoms with E-state index < -0.39 is 0 Å². The van der Waals surface area contributed by atoms with Gasteiger partial charge in [-0.3, -0.25) is 5.32 Å². The highest BCUT2D eigenvalue weighted by Gasteiger charge is 2.65. The van der Waals surface area contributed by atoms with Crippen LogP contribution in [-0.2, 0) is 11.3 Å². The van der Waals surface area contributed by atoms with Crippen LogP contribution < -0.4 is 5.32 Å². The summed E-state index contributed by atoms with van der Waals surface area (Å²) < 4.78 is 5.81. The molecule has 0 amide bonds. The summed E-state index contributed by atoms with van der Waals surface area (Å²) in [6, 6.07) is 10.6. The van der Waals surface area contributed by atoms with Crippen LogP contribution in [0, 0.1) is 11.8 Å². The third kappa shape index (κ3) is 1.90. The normalized spacial score (nSPS) is 35.4. The molecule has 92 valence electrons. The SMILES string of the molecule is COC1(NCc2ccccc2)[C@@H]2CCCC[C@@H]21. The summed E-state index contributed by atoms with van der Waals surface area (Å²) in [5, 5.41) is 3.66. The summed E-state index contributed by atoms with van der Waals surface area (Å²) in [6.45, 7) is 0.918. The minimum atomic E-state index is -0.00760. The molecule has 2 heteroatoms. The Morgan fingerprint density at radius 1 is 1.18 bits per heavy atom. The monoisotopic (exact) mass is 231 g/mol. The first-order valence-corrected chi connectivity index (χ1v) is 6.71. The number of ether oxygens (including phenoxy) is 1. The zero-order chi connectivity index (χ0) is 11.7. The molecule has 17 heavy (non-hydrogen) atoms. The maximum atomic E-state index is 5.81. The summed E-state index contributed by atoms with van der Waals surface area (Å²) in [6.07, 6.45) is 5.42. The van der Waals surface area contributed by atoms with E-state index in [0.717, 1.165) is 18.4 Å². The molecule has 2 nitrogen and oxygen atoms in total. The molecule has 2 fully saturated rings. The minimum Gasteiger partial charge on any atom is -0.363 e. The van der Waals surface area contributed by atoms with Crippen molar-refractivity contribution in [2.24, 2.45) is 11.8 Å². The molecule has 1 aromatic rings. The van der Waals surface area contributed by atoms with E-state index in [4.69, 9.17) is 4.74 Å². The van der Waals surface area contributed by atoms with Gasteiger partial charge in [0, 0.05) is 25.5 Å². The number of benzene rings is 1. The predicted molar refractivity (Wildman–Crippen MR) is 68.5 cm³/mol. The molecule has 2 aliphatic carbocycles. The fourth-order valence-corrected chi connectivity index (χ4v) is 3.54. The number of hydrogen-bond donors (Lipinski definition) is 1. The molecule has 0 aliphatic heterocycles. The van der Waals surface area contributed by atoms with Crippen LogP contribution in [0.4, 0.5) is 0 Å². The Bertz CT molecular complexity index is 364. The summed E-state index contributed by atoms with van der Waals surface area (Å²) >= 11 is 0. The van der Waals surface area contributed by atoms with E-state index in [2.05, 4.69) is 35.6 Å². The number of nitrogens with one attached hydrogen (secondary N) is 1. The van der Waals surface area contributed by atoms with Gasteiger partial charge in [0.1, 0.15) is 5.72 Å². The number of fused-ring (bicyclic) bond motifs is 1. The van der Waals surface area contributed by atoms with Crippen molar-refractivity contribution in [2.75, 3.05) is 7.11 Å². The topological polar surface area (TPSA) is 21.3 Å². The van der Waals surface area contributed by atoms with Gasteiger partial charge in [-0.15, -0.1) is 0 Å². The number of hydrogen-bond acceptors (Lipinski definition) is 2. The van der Waals surface area contributed by atoms with Gasteiger partial charge in [0.2, 0.25) is 0 Å². The summed E-state index contributed by atoms with van der Waals surface area (Å²) in [4.78, 5) is 0. The third-order valence-corrected chi connectivity index (χ3v) is 4.51. The Labute approximate surface area is 103 Å². The maximum Gasteiger partial charge on any atom is 0.125 e. The second-order valence-corrected chi connectivity index (χ2v) is 5.33. The van der Waals surface area contributed by atoms with Gasteiger partial charge in [0.15, 0.2) is 0 Å². The summed E-state index contributed by atoms with van der Waals surface area (Å²) in [5.74, 6) is 1.51. The molecule has 1 unspecified atom stereocenters. The highest BCUT2D eigenvalue weighted by Crippen LogP contribution is 2.59. The zero-order valence-corrected chi connectivity index (χ0v) is 10.5. The Morgan fingerprint density at radius 2 is 1.82 bits per heavy atom. The van der Waals surface area contributed by atoms with E-state index in [-0.39, 0.29) is 5.72 Å². The van der Waals surface area contributed by atoms with Crippen LogP contribution >= 0.6 is 0 Å². The fourth-order valence-electron chi connectivity index (χ4n) is 3.54. The van der Waals surface area contributed by atoms with Crippen molar-refractivity contribution in [3.63, 3.8) is 0 Å². The Morgan fingerprint density at radius 3 is 2.41 bits per heavy atom. The molecule has 1 N–H and O–H groups in total. The molecule has 0 radical (unpaired) electrons. The molecule has 3 atom stereocenters. The Hall–Kier alpha value is -0.860. The molecule has 0 bridgehead atoms. The third-order valence-electron chi connectivity index (χ3n) is 4.51. The van der Waals surface area contributed by atoms with Crippen LogP contribution in [0.2, 0.25) is 0 Å². The quantitative estimate of drug-likeness (QED) is 0.804. The van der Waals surface area contributed by atoms with Crippen LogP contribution in [-0.4, -0.2) is 12.8 Å². The molecule has 0 saturated heterocycles. The van der Waals surface area contributed by atoms with Crippen molar-refractivity contribution in [3.05, 3.63) is 35.9 Å². The van der Waals surface area contributed by atoms with Crippen molar-refractivity contribution < 1.29 is 4.74 Å². The molecule has 0 spiro atoms. The van der Waals surface area contributed by atoms with Gasteiger partial charge in [-0.25, -0.2) is 0 Å². The second kappa shape index (κ2) is 4.43. The molecule has 3 rings (SSSR count). The summed E-state index contributed by atoms with van der Waals surface area (Å²) in [7, 11) is 1.86. The molecule has 0 aromatic heterocycles. The zero-order valence-electron chi connectivity index (χ0n) is 10.5. The standard InChI is InChI=1S/C15H21NO/c1-17-15(13-9-5-6-10-14(13)15)16-11-12-7-3-2-4-8-12/h2-4,7-8,13-14,16H,5-6,9-11H2,1H3/t13-,14+,15?. The van der Waals surface area contributed by atoms with Crippen LogP contribution in [0.3, 0.4) is 0 Å². The number of methoxy groups -OCH3 is 1. The highest BCUT2D eigenvalue weighted by molar-refractivity contribution is 5.18. The first-order chi connectivity index (χ1) is 8.37. The first kappa shape index (κ1) is 11.2. The van der Waals surface area contributed by atoms with Crippen LogP contribution in [0.15, 0.2) is 30.3 Å².